The summed E-state index contributed by atoms with van der Waals surface area (Å²) in [6, 6.07) is 9.82. The van der Waals surface area contributed by atoms with E-state index in [2.05, 4.69) is 0 Å². The summed E-state index contributed by atoms with van der Waals surface area (Å²) in [4.78, 5) is 43.5. The third kappa shape index (κ3) is 10.4. The van der Waals surface area contributed by atoms with Gasteiger partial charge in [-0.1, -0.05) is 12.1 Å². The third-order valence-electron chi connectivity index (χ3n) is 3.70. The zero-order valence-corrected chi connectivity index (χ0v) is 19.0. The van der Waals surface area contributed by atoms with Gasteiger partial charge < -0.3 is 30.4 Å². The molecular formula is C23H28N2O8. The molecule has 4 N–H and O–H groups in total. The molecule has 10 nitrogen and oxygen atoms in total. The van der Waals surface area contributed by atoms with E-state index in [1.165, 1.54) is 27.7 Å². The molecule has 0 aliphatic rings. The molecule has 0 saturated heterocycles. The minimum absolute atomic E-state index is 0.200. The molecule has 0 saturated carbocycles. The standard InChI is InChI=1S/C12H15NO4.C11H13NO4/c1-8(14)16-11-4-3-10(5-6-13)7-12(11)17-9(2)15;1-7(13)15-10-4-3-9(6-12)5-11(10)16-8(2)14/h3-4,7H,5-6,13H2,1-2H3;3-5H,6,12H2,1-2H3. The molecule has 10 heteroatoms. The van der Waals surface area contributed by atoms with Gasteiger partial charge in [0.25, 0.3) is 0 Å². The highest BCUT2D eigenvalue weighted by atomic mass is 16.6. The number of carbonyl (C=O) groups is 4. The Balaban J connectivity index is 0.000000331. The highest BCUT2D eigenvalue weighted by Gasteiger charge is 2.11. The molecule has 0 aliphatic heterocycles. The van der Waals surface area contributed by atoms with Gasteiger partial charge in [0.1, 0.15) is 0 Å². The number of carbonyl (C=O) groups excluding carboxylic acids is 4. The van der Waals surface area contributed by atoms with Crippen LogP contribution in [0.15, 0.2) is 36.4 Å². The Morgan fingerprint density at radius 1 is 0.606 bits per heavy atom. The fourth-order valence-electron chi connectivity index (χ4n) is 2.50. The minimum Gasteiger partial charge on any atom is -0.423 e. The predicted molar refractivity (Wildman–Crippen MR) is 119 cm³/mol. The number of rotatable bonds is 7. The molecule has 0 aliphatic carbocycles. The van der Waals surface area contributed by atoms with Crippen molar-refractivity contribution >= 4 is 23.9 Å². The lowest BCUT2D eigenvalue weighted by Gasteiger charge is -2.10. The summed E-state index contributed by atoms with van der Waals surface area (Å²) in [5.74, 6) is -1.03. The van der Waals surface area contributed by atoms with E-state index >= 15 is 0 Å². The molecule has 0 amide bonds. The fraction of sp³-hybridized carbons (Fsp3) is 0.304. The Hall–Kier alpha value is -3.76. The summed E-state index contributed by atoms with van der Waals surface area (Å²) >= 11 is 0. The maximum absolute atomic E-state index is 10.9. The number of ether oxygens (including phenoxy) is 4. The highest BCUT2D eigenvalue weighted by molar-refractivity contribution is 5.74. The van der Waals surface area contributed by atoms with E-state index in [1.54, 1.807) is 36.4 Å². The van der Waals surface area contributed by atoms with Crippen molar-refractivity contribution in [2.24, 2.45) is 11.5 Å². The number of hydrogen-bond donors (Lipinski definition) is 2. The molecule has 2 rings (SSSR count). The van der Waals surface area contributed by atoms with Crippen LogP contribution in [0.4, 0.5) is 0 Å². The lowest BCUT2D eigenvalue weighted by Crippen LogP contribution is -2.08. The van der Waals surface area contributed by atoms with Gasteiger partial charge in [-0.25, -0.2) is 0 Å². The second-order valence-corrected chi connectivity index (χ2v) is 6.68. The molecule has 33 heavy (non-hydrogen) atoms. The molecule has 2 aromatic carbocycles. The van der Waals surface area contributed by atoms with E-state index in [1.807, 2.05) is 0 Å². The molecule has 0 unspecified atom stereocenters. The monoisotopic (exact) mass is 460 g/mol. The van der Waals surface area contributed by atoms with E-state index in [9.17, 15) is 19.2 Å². The van der Waals surface area contributed by atoms with Gasteiger partial charge in [-0.05, 0) is 48.4 Å². The number of benzene rings is 2. The van der Waals surface area contributed by atoms with Gasteiger partial charge in [-0.2, -0.15) is 0 Å². The van der Waals surface area contributed by atoms with E-state index < -0.39 is 23.9 Å². The predicted octanol–water partition coefficient (Wildman–Crippen LogP) is 2.03. The fourth-order valence-corrected chi connectivity index (χ4v) is 2.50. The van der Waals surface area contributed by atoms with Gasteiger partial charge >= 0.3 is 23.9 Å². The van der Waals surface area contributed by atoms with Crippen LogP contribution in [-0.4, -0.2) is 30.4 Å². The Bertz CT molecular complexity index is 1000. The number of nitrogens with two attached hydrogens (primary N) is 2. The van der Waals surface area contributed by atoms with Gasteiger partial charge in [0.05, 0.1) is 0 Å². The van der Waals surface area contributed by atoms with Gasteiger partial charge in [0.15, 0.2) is 23.0 Å². The Morgan fingerprint density at radius 2 is 0.970 bits per heavy atom. The van der Waals surface area contributed by atoms with Gasteiger partial charge in [0, 0.05) is 34.2 Å². The SMILES string of the molecule is CC(=O)Oc1ccc(CCN)cc1OC(C)=O.CC(=O)Oc1ccc(CN)cc1OC(C)=O. The summed E-state index contributed by atoms with van der Waals surface area (Å²) in [6.07, 6.45) is 0.661. The molecule has 0 aromatic heterocycles. The van der Waals surface area contributed by atoms with Crippen LogP contribution in [0.2, 0.25) is 0 Å². The van der Waals surface area contributed by atoms with Crippen molar-refractivity contribution in [3.8, 4) is 23.0 Å². The molecule has 0 spiro atoms. The van der Waals surface area contributed by atoms with Gasteiger partial charge in [-0.3, -0.25) is 19.2 Å². The third-order valence-corrected chi connectivity index (χ3v) is 3.70. The Labute approximate surface area is 191 Å². The van der Waals surface area contributed by atoms with Crippen molar-refractivity contribution < 1.29 is 38.1 Å². The summed E-state index contributed by atoms with van der Waals surface area (Å²) in [7, 11) is 0. The van der Waals surface area contributed by atoms with Crippen molar-refractivity contribution in [1.29, 1.82) is 0 Å². The first-order chi connectivity index (χ1) is 15.5. The van der Waals surface area contributed by atoms with Gasteiger partial charge in [-0.15, -0.1) is 0 Å². The van der Waals surface area contributed by atoms with Crippen molar-refractivity contribution in [3.63, 3.8) is 0 Å². The lowest BCUT2D eigenvalue weighted by atomic mass is 10.1. The maximum Gasteiger partial charge on any atom is 0.308 e. The van der Waals surface area contributed by atoms with Crippen molar-refractivity contribution in [2.75, 3.05) is 6.54 Å². The van der Waals surface area contributed by atoms with Crippen LogP contribution >= 0.6 is 0 Å². The molecule has 0 atom stereocenters. The first kappa shape index (κ1) is 27.3. The van der Waals surface area contributed by atoms with Crippen molar-refractivity contribution in [1.82, 2.24) is 0 Å². The molecule has 0 radical (unpaired) electrons. The van der Waals surface area contributed by atoms with Crippen LogP contribution in [0.1, 0.15) is 38.8 Å². The van der Waals surface area contributed by atoms with Crippen LogP contribution in [0.3, 0.4) is 0 Å². The zero-order chi connectivity index (χ0) is 25.0. The normalized spacial score (nSPS) is 9.76. The summed E-state index contributed by atoms with van der Waals surface area (Å²) in [5.41, 5.74) is 12.6. The van der Waals surface area contributed by atoms with Crippen LogP contribution in [0.25, 0.3) is 0 Å². The molecule has 0 fully saturated rings. The smallest absolute Gasteiger partial charge is 0.308 e. The molecule has 2 aromatic rings. The van der Waals surface area contributed by atoms with Crippen LogP contribution < -0.4 is 30.4 Å². The first-order valence-electron chi connectivity index (χ1n) is 9.95. The molecular weight excluding hydrogens is 432 g/mol. The topological polar surface area (TPSA) is 157 Å². The molecule has 178 valence electrons. The average molecular weight is 460 g/mol. The van der Waals surface area contributed by atoms with Crippen LogP contribution in [0, 0.1) is 0 Å². The summed E-state index contributed by atoms with van der Waals surface area (Å²) < 4.78 is 19.7. The van der Waals surface area contributed by atoms with Crippen LogP contribution in [-0.2, 0) is 32.1 Å². The quantitative estimate of drug-likeness (QED) is 0.463. The maximum atomic E-state index is 10.9. The van der Waals surface area contributed by atoms with E-state index in [-0.39, 0.29) is 23.0 Å². The Morgan fingerprint density at radius 3 is 1.33 bits per heavy atom. The molecule has 0 heterocycles. The average Bonchev–Trinajstić information content (AvgIpc) is 2.70. The largest absolute Gasteiger partial charge is 0.423 e. The second-order valence-electron chi connectivity index (χ2n) is 6.68. The first-order valence-corrected chi connectivity index (χ1v) is 9.95. The number of esters is 4. The van der Waals surface area contributed by atoms with Crippen LogP contribution in [0.5, 0.6) is 23.0 Å². The van der Waals surface area contributed by atoms with E-state index in [0.717, 1.165) is 11.1 Å². The minimum atomic E-state index is -0.484. The van der Waals surface area contributed by atoms with E-state index in [4.69, 9.17) is 30.4 Å². The summed E-state index contributed by atoms with van der Waals surface area (Å²) in [6.45, 7) is 5.92. The number of hydrogen-bond acceptors (Lipinski definition) is 10. The van der Waals surface area contributed by atoms with E-state index in [0.29, 0.717) is 19.5 Å². The molecule has 0 bridgehead atoms. The highest BCUT2D eigenvalue weighted by Crippen LogP contribution is 2.29. The van der Waals surface area contributed by atoms with Gasteiger partial charge in [0.2, 0.25) is 0 Å². The second kappa shape index (κ2) is 13.6. The van der Waals surface area contributed by atoms with Crippen molar-refractivity contribution in [2.45, 2.75) is 40.7 Å². The van der Waals surface area contributed by atoms with Crippen molar-refractivity contribution in [3.05, 3.63) is 47.5 Å². The Kier molecular flexibility index (Phi) is 11.2. The zero-order valence-electron chi connectivity index (χ0n) is 19.0. The summed E-state index contributed by atoms with van der Waals surface area (Å²) in [5, 5.41) is 0. The lowest BCUT2D eigenvalue weighted by molar-refractivity contribution is -0.134.